The number of guanidine groups is 1. The Kier molecular flexibility index (Phi) is 7.13. The zero-order valence-corrected chi connectivity index (χ0v) is 13.5. The molecule has 2 heterocycles. The number of rotatable bonds is 0. The molecule has 2 aliphatic rings. The Labute approximate surface area is 122 Å². The third kappa shape index (κ3) is 5.38. The highest BCUT2D eigenvalue weighted by Crippen LogP contribution is 2.14. The molecule has 0 aliphatic carbocycles. The first kappa shape index (κ1) is 15.2. The van der Waals surface area contributed by atoms with E-state index in [1.165, 1.54) is 84.6 Å². The Morgan fingerprint density at radius 2 is 1.42 bits per heavy atom. The van der Waals surface area contributed by atoms with Crippen molar-refractivity contribution in [2.24, 2.45) is 4.99 Å². The van der Waals surface area contributed by atoms with Gasteiger partial charge in [0.15, 0.2) is 5.96 Å². The molecule has 0 radical (unpaired) electrons. The Morgan fingerprint density at radius 1 is 0.842 bits per heavy atom. The molecule has 0 spiro atoms. The van der Waals surface area contributed by atoms with Gasteiger partial charge in [0, 0.05) is 26.2 Å². The Bertz CT molecular complexity index is 289. The third-order valence-electron chi connectivity index (χ3n) is 4.21. The zero-order chi connectivity index (χ0) is 13.3. The summed E-state index contributed by atoms with van der Waals surface area (Å²) in [7, 11) is 5.70. The number of hydrogen-bond acceptors (Lipinski definition) is 3. The van der Waals surface area contributed by atoms with E-state index in [0.717, 1.165) is 13.1 Å². The molecule has 2 aliphatic heterocycles. The van der Waals surface area contributed by atoms with E-state index in [9.17, 15) is 0 Å². The maximum Gasteiger partial charge on any atom is 0.199 e. The van der Waals surface area contributed by atoms with E-state index in [1.807, 2.05) is 0 Å². The molecule has 1 saturated heterocycles. The monoisotopic (exact) mass is 279 g/mol. The summed E-state index contributed by atoms with van der Waals surface area (Å²) in [4.78, 5) is 7.45. The summed E-state index contributed by atoms with van der Waals surface area (Å²) in [6.07, 6.45) is 10.7. The van der Waals surface area contributed by atoms with E-state index < -0.39 is 0 Å². The van der Waals surface area contributed by atoms with Crippen molar-refractivity contribution >= 4 is 29.9 Å². The van der Waals surface area contributed by atoms with Gasteiger partial charge < -0.3 is 9.57 Å². The molecule has 0 amide bonds. The predicted octanol–water partition coefficient (Wildman–Crippen LogP) is 1.87. The summed E-state index contributed by atoms with van der Waals surface area (Å²) in [6.45, 7) is 4.55. The van der Waals surface area contributed by atoms with Crippen LogP contribution in [0.25, 0.3) is 0 Å². The van der Waals surface area contributed by atoms with Crippen molar-refractivity contribution in [3.05, 3.63) is 0 Å². The van der Waals surface area contributed by atoms with E-state index >= 15 is 0 Å². The lowest BCUT2D eigenvalue weighted by Crippen LogP contribution is -2.42. The summed E-state index contributed by atoms with van der Waals surface area (Å²) >= 11 is 0. The van der Waals surface area contributed by atoms with Crippen LogP contribution in [-0.4, -0.2) is 56.3 Å². The van der Waals surface area contributed by atoms with Crippen molar-refractivity contribution in [3.8, 4) is 0 Å². The van der Waals surface area contributed by atoms with Gasteiger partial charge in [-0.2, -0.15) is 0 Å². The van der Waals surface area contributed by atoms with E-state index in [1.54, 1.807) is 0 Å². The first-order chi connectivity index (χ1) is 9.38. The summed E-state index contributed by atoms with van der Waals surface area (Å²) in [6, 6.07) is 0. The lowest BCUT2D eigenvalue weighted by Gasteiger charge is -2.33. The van der Waals surface area contributed by atoms with Crippen LogP contribution in [0, 0.1) is 0 Å². The summed E-state index contributed by atoms with van der Waals surface area (Å²) < 4.78 is 2.33. The lowest BCUT2D eigenvalue weighted by atomic mass is 9.68. The SMILES string of the molecule is PN1CCCBCCCN2CCCBCCC/N=C/12. The average molecular weight is 279 g/mol. The molecule has 0 bridgehead atoms. The highest BCUT2D eigenvalue weighted by Gasteiger charge is 2.17. The van der Waals surface area contributed by atoms with Crippen LogP contribution < -0.4 is 0 Å². The minimum absolute atomic E-state index is 1.01. The van der Waals surface area contributed by atoms with Gasteiger partial charge in [-0.05, 0) is 35.1 Å². The number of hydrogen-bond donors (Lipinski definition) is 0. The molecule has 0 saturated carbocycles. The van der Waals surface area contributed by atoms with Crippen LogP contribution in [-0.2, 0) is 0 Å². The van der Waals surface area contributed by atoms with Crippen molar-refractivity contribution in [3.63, 3.8) is 0 Å². The van der Waals surface area contributed by atoms with Gasteiger partial charge in [-0.1, -0.05) is 25.3 Å². The van der Waals surface area contributed by atoms with Crippen LogP contribution in [0.3, 0.4) is 0 Å². The number of fused-ring (bicyclic) bond motifs is 1. The maximum atomic E-state index is 4.91. The van der Waals surface area contributed by atoms with Crippen LogP contribution in [0.2, 0.25) is 25.3 Å². The minimum Gasteiger partial charge on any atom is -0.343 e. The molecule has 6 heteroatoms. The molecule has 1 atom stereocenters. The van der Waals surface area contributed by atoms with Gasteiger partial charge in [0.05, 0.1) is 0 Å². The predicted molar refractivity (Wildman–Crippen MR) is 92.3 cm³/mol. The van der Waals surface area contributed by atoms with Gasteiger partial charge in [-0.3, -0.25) is 4.99 Å². The van der Waals surface area contributed by atoms with Crippen molar-refractivity contribution < 1.29 is 0 Å². The van der Waals surface area contributed by atoms with Crippen molar-refractivity contribution in [1.29, 1.82) is 0 Å². The molecule has 0 aromatic rings. The molecule has 1 fully saturated rings. The first-order valence-electron chi connectivity index (χ1n) is 8.19. The smallest absolute Gasteiger partial charge is 0.199 e. The maximum absolute atomic E-state index is 4.91. The van der Waals surface area contributed by atoms with Crippen LogP contribution >= 0.6 is 9.39 Å². The fraction of sp³-hybridized carbons (Fsp3) is 0.923. The minimum atomic E-state index is 1.01. The molecule has 106 valence electrons. The van der Waals surface area contributed by atoms with Gasteiger partial charge >= 0.3 is 0 Å². The summed E-state index contributed by atoms with van der Waals surface area (Å²) in [5.41, 5.74) is 0. The molecule has 1 unspecified atom stereocenters. The normalized spacial score (nSPS) is 26.3. The lowest BCUT2D eigenvalue weighted by molar-refractivity contribution is 0.373. The van der Waals surface area contributed by atoms with E-state index in [4.69, 9.17) is 4.99 Å². The quantitative estimate of drug-likeness (QED) is 0.498. The highest BCUT2D eigenvalue weighted by molar-refractivity contribution is 7.14. The second kappa shape index (κ2) is 8.89. The van der Waals surface area contributed by atoms with Crippen molar-refractivity contribution in [2.75, 3.05) is 26.2 Å². The summed E-state index contributed by atoms with van der Waals surface area (Å²) in [5.74, 6) is 1.24. The summed E-state index contributed by atoms with van der Waals surface area (Å²) in [5, 5.41) is 0. The topological polar surface area (TPSA) is 18.8 Å². The molecule has 2 rings (SSSR count). The fourth-order valence-corrected chi connectivity index (χ4v) is 3.45. The number of nitrogens with zero attached hydrogens (tertiary/aromatic N) is 3. The van der Waals surface area contributed by atoms with E-state index in [0.29, 0.717) is 0 Å². The van der Waals surface area contributed by atoms with Crippen LogP contribution in [0.5, 0.6) is 0 Å². The Hall–Kier alpha value is -0.170. The molecule has 0 aromatic heterocycles. The zero-order valence-electron chi connectivity index (χ0n) is 12.3. The molecule has 0 aromatic carbocycles. The highest BCUT2D eigenvalue weighted by atomic mass is 31.0. The van der Waals surface area contributed by atoms with Gasteiger partial charge in [0.2, 0.25) is 0 Å². The third-order valence-corrected chi connectivity index (χ3v) is 4.70. The van der Waals surface area contributed by atoms with E-state index in [-0.39, 0.29) is 0 Å². The molecular weight excluding hydrogens is 251 g/mol. The van der Waals surface area contributed by atoms with Gasteiger partial charge in [-0.15, -0.1) is 0 Å². The van der Waals surface area contributed by atoms with Crippen LogP contribution in [0.4, 0.5) is 0 Å². The van der Waals surface area contributed by atoms with Gasteiger partial charge in [-0.25, -0.2) is 0 Å². The Morgan fingerprint density at radius 3 is 2.11 bits per heavy atom. The van der Waals surface area contributed by atoms with Crippen LogP contribution in [0.15, 0.2) is 4.99 Å². The van der Waals surface area contributed by atoms with Crippen molar-refractivity contribution in [2.45, 2.75) is 51.0 Å². The molecule has 19 heavy (non-hydrogen) atoms. The largest absolute Gasteiger partial charge is 0.343 e. The van der Waals surface area contributed by atoms with Gasteiger partial charge in [0.1, 0.15) is 14.6 Å². The van der Waals surface area contributed by atoms with Crippen LogP contribution in [0.1, 0.15) is 25.7 Å². The van der Waals surface area contributed by atoms with E-state index in [2.05, 4.69) is 19.0 Å². The fourth-order valence-electron chi connectivity index (χ4n) is 3.02. The average Bonchev–Trinajstić information content (AvgIpc) is 2.43. The number of aliphatic imine (C=N–C) groups is 1. The Balaban J connectivity index is 2.06. The van der Waals surface area contributed by atoms with Gasteiger partial charge in [0.25, 0.3) is 0 Å². The molecular formula is C13H28B2N3P. The first-order valence-corrected chi connectivity index (χ1v) is 8.71. The molecule has 3 nitrogen and oxygen atoms in total. The standard InChI is InChI=1S/C13H28B2N3P/c19-18-12-4-8-15-7-3-11-17-10-2-6-14-5-1-9-16-13(17)18/h14-15H,1-12,19H2/b16-13+. The van der Waals surface area contributed by atoms with Crippen molar-refractivity contribution in [1.82, 2.24) is 9.57 Å². The second-order valence-electron chi connectivity index (χ2n) is 5.90. The second-order valence-corrected chi connectivity index (χ2v) is 6.52. The molecule has 0 N–H and O–H groups in total.